The summed E-state index contributed by atoms with van der Waals surface area (Å²) in [6, 6.07) is 4.19. The second-order valence-corrected chi connectivity index (χ2v) is 6.61. The van der Waals surface area contributed by atoms with Gasteiger partial charge in [0.15, 0.2) is 9.84 Å². The summed E-state index contributed by atoms with van der Waals surface area (Å²) in [5, 5.41) is 11.1. The monoisotopic (exact) mass is 315 g/mol. The van der Waals surface area contributed by atoms with E-state index in [9.17, 15) is 18.0 Å². The van der Waals surface area contributed by atoms with Gasteiger partial charge in [-0.2, -0.15) is 0 Å². The minimum absolute atomic E-state index is 0.0475. The first-order valence-electron chi connectivity index (χ1n) is 6.06. The van der Waals surface area contributed by atoms with Crippen molar-refractivity contribution < 1.29 is 27.9 Å². The molecule has 1 amide bonds. The first-order chi connectivity index (χ1) is 9.65. The van der Waals surface area contributed by atoms with Gasteiger partial charge in [0, 0.05) is 17.9 Å². The average Bonchev–Trinajstić information content (AvgIpc) is 2.36. The number of rotatable bonds is 6. The predicted octanol–water partition coefficient (Wildman–Crippen LogP) is 1.15. The molecular formula is C13H17NO6S. The maximum Gasteiger partial charge on any atom is 0.304 e. The molecule has 0 spiro atoms. The minimum Gasteiger partial charge on any atom is -0.495 e. The summed E-state index contributed by atoms with van der Waals surface area (Å²) in [7, 11) is -2.17. The van der Waals surface area contributed by atoms with E-state index in [0.717, 1.165) is 6.26 Å². The number of ether oxygens (including phenoxy) is 1. The lowest BCUT2D eigenvalue weighted by molar-refractivity contribution is -0.139. The fourth-order valence-electron chi connectivity index (χ4n) is 1.66. The van der Waals surface area contributed by atoms with Crippen LogP contribution in [0.1, 0.15) is 13.3 Å². The molecule has 21 heavy (non-hydrogen) atoms. The predicted molar refractivity (Wildman–Crippen MR) is 76.2 cm³/mol. The zero-order valence-electron chi connectivity index (χ0n) is 11.9. The summed E-state index contributed by atoms with van der Waals surface area (Å²) in [5.41, 5.74) is 0.262. The number of carboxylic acids is 1. The fourth-order valence-corrected chi connectivity index (χ4v) is 2.52. The maximum absolute atomic E-state index is 11.8. The number of benzene rings is 1. The smallest absolute Gasteiger partial charge is 0.304 e. The third-order valence-electron chi connectivity index (χ3n) is 2.76. The average molecular weight is 315 g/mol. The van der Waals surface area contributed by atoms with Crippen LogP contribution < -0.4 is 10.1 Å². The van der Waals surface area contributed by atoms with Crippen molar-refractivity contribution in [1.29, 1.82) is 0 Å². The molecule has 8 heteroatoms. The molecule has 0 saturated carbocycles. The Morgan fingerprint density at radius 3 is 2.48 bits per heavy atom. The number of nitrogens with one attached hydrogen (secondary N) is 1. The molecule has 1 rings (SSSR count). The molecule has 1 unspecified atom stereocenters. The Morgan fingerprint density at radius 2 is 2.00 bits per heavy atom. The Morgan fingerprint density at radius 1 is 1.38 bits per heavy atom. The summed E-state index contributed by atoms with van der Waals surface area (Å²) in [5.74, 6) is -2.13. The molecule has 0 saturated heterocycles. The first kappa shape index (κ1) is 17.0. The maximum atomic E-state index is 11.8. The van der Waals surface area contributed by atoms with Gasteiger partial charge in [-0.05, 0) is 18.2 Å². The van der Waals surface area contributed by atoms with E-state index >= 15 is 0 Å². The SMILES string of the molecule is COc1ccc(NC(=O)C(C)CC(=O)O)cc1S(C)(=O)=O. The van der Waals surface area contributed by atoms with Crippen molar-refractivity contribution >= 4 is 27.4 Å². The van der Waals surface area contributed by atoms with E-state index in [2.05, 4.69) is 5.32 Å². The van der Waals surface area contributed by atoms with Gasteiger partial charge >= 0.3 is 5.97 Å². The van der Waals surface area contributed by atoms with E-state index in [-0.39, 0.29) is 22.8 Å². The third kappa shape index (κ3) is 4.75. The first-order valence-corrected chi connectivity index (χ1v) is 7.95. The van der Waals surface area contributed by atoms with E-state index in [1.165, 1.54) is 32.2 Å². The second kappa shape index (κ2) is 6.57. The van der Waals surface area contributed by atoms with Crippen molar-refractivity contribution in [2.45, 2.75) is 18.2 Å². The number of sulfone groups is 1. The molecule has 1 aromatic rings. The van der Waals surface area contributed by atoms with E-state index in [1.54, 1.807) is 0 Å². The van der Waals surface area contributed by atoms with Crippen LogP contribution in [0, 0.1) is 5.92 Å². The lowest BCUT2D eigenvalue weighted by Gasteiger charge is -2.12. The minimum atomic E-state index is -3.51. The van der Waals surface area contributed by atoms with Gasteiger partial charge in [0.2, 0.25) is 5.91 Å². The highest BCUT2D eigenvalue weighted by Crippen LogP contribution is 2.27. The molecule has 0 aromatic heterocycles. The third-order valence-corrected chi connectivity index (χ3v) is 3.88. The number of hydrogen-bond acceptors (Lipinski definition) is 5. The molecule has 7 nitrogen and oxygen atoms in total. The molecule has 0 heterocycles. The molecule has 2 N–H and O–H groups in total. The number of amides is 1. The number of carbonyl (C=O) groups is 2. The molecule has 0 aliphatic rings. The Kier molecular flexibility index (Phi) is 5.31. The Hall–Kier alpha value is -2.09. The summed E-state index contributed by atoms with van der Waals surface area (Å²) in [4.78, 5) is 22.3. The van der Waals surface area contributed by atoms with Crippen molar-refractivity contribution in [2.75, 3.05) is 18.7 Å². The quantitative estimate of drug-likeness (QED) is 0.815. The van der Waals surface area contributed by atoms with Gasteiger partial charge in [-0.15, -0.1) is 0 Å². The Bertz CT molecular complexity index is 653. The highest BCUT2D eigenvalue weighted by molar-refractivity contribution is 7.90. The molecule has 0 fully saturated rings. The van der Waals surface area contributed by atoms with E-state index in [0.29, 0.717) is 0 Å². The number of aliphatic carboxylic acids is 1. The molecule has 0 aliphatic carbocycles. The number of hydrogen-bond donors (Lipinski definition) is 2. The van der Waals surface area contributed by atoms with Crippen molar-refractivity contribution in [3.63, 3.8) is 0 Å². The van der Waals surface area contributed by atoms with Crippen LogP contribution in [0.2, 0.25) is 0 Å². The fraction of sp³-hybridized carbons (Fsp3) is 0.385. The molecule has 0 aliphatic heterocycles. The van der Waals surface area contributed by atoms with Gasteiger partial charge in [-0.1, -0.05) is 6.92 Å². The van der Waals surface area contributed by atoms with Crippen molar-refractivity contribution in [3.8, 4) is 5.75 Å². The number of anilines is 1. The van der Waals surface area contributed by atoms with Gasteiger partial charge in [0.1, 0.15) is 10.6 Å². The largest absolute Gasteiger partial charge is 0.495 e. The van der Waals surface area contributed by atoms with Crippen molar-refractivity contribution in [2.24, 2.45) is 5.92 Å². The lowest BCUT2D eigenvalue weighted by atomic mass is 10.1. The van der Waals surface area contributed by atoms with Gasteiger partial charge in [-0.25, -0.2) is 8.42 Å². The number of methoxy groups -OCH3 is 1. The van der Waals surface area contributed by atoms with E-state index in [4.69, 9.17) is 9.84 Å². The standard InChI is InChI=1S/C13H17NO6S/c1-8(6-12(15)16)13(17)14-9-4-5-10(20-2)11(7-9)21(3,18)19/h4-5,7-8H,6H2,1-3H3,(H,14,17)(H,15,16). The summed E-state index contributed by atoms with van der Waals surface area (Å²) < 4.78 is 28.3. The van der Waals surface area contributed by atoms with E-state index in [1.807, 2.05) is 0 Å². The van der Waals surface area contributed by atoms with Crippen LogP contribution >= 0.6 is 0 Å². The van der Waals surface area contributed by atoms with Crippen molar-refractivity contribution in [3.05, 3.63) is 18.2 Å². The molecule has 0 radical (unpaired) electrons. The highest BCUT2D eigenvalue weighted by atomic mass is 32.2. The molecule has 116 valence electrons. The van der Waals surface area contributed by atoms with Crippen LogP contribution in [-0.4, -0.2) is 38.8 Å². The highest BCUT2D eigenvalue weighted by Gasteiger charge is 2.19. The van der Waals surface area contributed by atoms with Crippen LogP contribution in [0.4, 0.5) is 5.69 Å². The van der Waals surface area contributed by atoms with Crippen LogP contribution in [0.15, 0.2) is 23.1 Å². The zero-order chi connectivity index (χ0) is 16.2. The summed E-state index contributed by atoms with van der Waals surface area (Å²) in [6.07, 6.45) is 0.727. The van der Waals surface area contributed by atoms with Gasteiger partial charge < -0.3 is 15.2 Å². The van der Waals surface area contributed by atoms with Crippen molar-refractivity contribution in [1.82, 2.24) is 0 Å². The summed E-state index contributed by atoms with van der Waals surface area (Å²) in [6.45, 7) is 1.48. The summed E-state index contributed by atoms with van der Waals surface area (Å²) >= 11 is 0. The van der Waals surface area contributed by atoms with Crippen LogP contribution in [0.25, 0.3) is 0 Å². The normalized spacial score (nSPS) is 12.5. The Balaban J connectivity index is 3.01. The van der Waals surface area contributed by atoms with E-state index < -0.39 is 27.6 Å². The van der Waals surface area contributed by atoms with Gasteiger partial charge in [0.25, 0.3) is 0 Å². The van der Waals surface area contributed by atoms with Crippen LogP contribution in [0.5, 0.6) is 5.75 Å². The van der Waals surface area contributed by atoms with Gasteiger partial charge in [-0.3, -0.25) is 9.59 Å². The van der Waals surface area contributed by atoms with Crippen LogP contribution in [-0.2, 0) is 19.4 Å². The topological polar surface area (TPSA) is 110 Å². The number of carbonyl (C=O) groups excluding carboxylic acids is 1. The molecule has 1 atom stereocenters. The lowest BCUT2D eigenvalue weighted by Crippen LogP contribution is -2.22. The van der Waals surface area contributed by atoms with Crippen LogP contribution in [0.3, 0.4) is 0 Å². The number of carboxylic acid groups (broad SMARTS) is 1. The molecular weight excluding hydrogens is 298 g/mol. The Labute approximate surface area is 122 Å². The molecule has 0 bridgehead atoms. The second-order valence-electron chi connectivity index (χ2n) is 4.63. The zero-order valence-corrected chi connectivity index (χ0v) is 12.7. The molecule has 1 aromatic carbocycles. The van der Waals surface area contributed by atoms with Gasteiger partial charge in [0.05, 0.1) is 13.5 Å².